The average molecular weight is 260 g/mol. The predicted octanol–water partition coefficient (Wildman–Crippen LogP) is 1.40. The van der Waals surface area contributed by atoms with E-state index in [-0.39, 0.29) is 11.5 Å². The molecule has 0 saturated carbocycles. The highest BCUT2D eigenvalue weighted by Gasteiger charge is 2.25. The van der Waals surface area contributed by atoms with Crippen molar-refractivity contribution in [3.63, 3.8) is 0 Å². The highest BCUT2D eigenvalue weighted by atomic mass is 19.1. The average Bonchev–Trinajstić information content (AvgIpc) is 2.86. The number of rotatable bonds is 2. The zero-order valence-electron chi connectivity index (χ0n) is 9.62. The monoisotopic (exact) mass is 260 g/mol. The number of hydrogen-bond donors (Lipinski definition) is 2. The SMILES string of the molecule is O=C(O)C1=C[C@H](c2ccc(F)cc2)n2ncnc2N1. The Labute approximate surface area is 107 Å². The molecule has 2 heterocycles. The van der Waals surface area contributed by atoms with Gasteiger partial charge in [-0.3, -0.25) is 0 Å². The van der Waals surface area contributed by atoms with Crippen molar-refractivity contribution < 1.29 is 14.3 Å². The number of halogens is 1. The van der Waals surface area contributed by atoms with E-state index in [1.54, 1.807) is 16.8 Å². The van der Waals surface area contributed by atoms with Crippen LogP contribution >= 0.6 is 0 Å². The number of carboxylic acids is 1. The van der Waals surface area contributed by atoms with Crippen LogP contribution in [0.25, 0.3) is 0 Å². The maximum Gasteiger partial charge on any atom is 0.352 e. The number of anilines is 1. The highest BCUT2D eigenvalue weighted by Crippen LogP contribution is 2.28. The number of benzene rings is 1. The van der Waals surface area contributed by atoms with Gasteiger partial charge in [0.25, 0.3) is 0 Å². The van der Waals surface area contributed by atoms with Crippen LogP contribution in [0.5, 0.6) is 0 Å². The third-order valence-corrected chi connectivity index (χ3v) is 2.85. The van der Waals surface area contributed by atoms with E-state index in [0.717, 1.165) is 5.56 Å². The molecular formula is C12H9FN4O2. The number of carbonyl (C=O) groups is 1. The van der Waals surface area contributed by atoms with Gasteiger partial charge in [0, 0.05) is 0 Å². The summed E-state index contributed by atoms with van der Waals surface area (Å²) in [4.78, 5) is 15.0. The number of fused-ring (bicyclic) bond motifs is 1. The van der Waals surface area contributed by atoms with Crippen LogP contribution in [0.3, 0.4) is 0 Å². The summed E-state index contributed by atoms with van der Waals surface area (Å²) in [5.74, 6) is -1.09. The van der Waals surface area contributed by atoms with Gasteiger partial charge in [0.2, 0.25) is 5.95 Å². The van der Waals surface area contributed by atoms with E-state index in [0.29, 0.717) is 5.95 Å². The van der Waals surface area contributed by atoms with Crippen molar-refractivity contribution in [1.82, 2.24) is 14.8 Å². The quantitative estimate of drug-likeness (QED) is 0.853. The number of nitrogens with zero attached hydrogens (tertiary/aromatic N) is 3. The third-order valence-electron chi connectivity index (χ3n) is 2.85. The summed E-state index contributed by atoms with van der Waals surface area (Å²) in [6.07, 6.45) is 2.84. The van der Waals surface area contributed by atoms with Crippen LogP contribution in [-0.2, 0) is 4.79 Å². The lowest BCUT2D eigenvalue weighted by atomic mass is 10.0. The Bertz CT molecular complexity index is 663. The summed E-state index contributed by atoms with van der Waals surface area (Å²) >= 11 is 0. The smallest absolute Gasteiger partial charge is 0.352 e. The molecule has 0 unspecified atom stereocenters. The lowest BCUT2D eigenvalue weighted by molar-refractivity contribution is -0.132. The van der Waals surface area contributed by atoms with Gasteiger partial charge in [-0.05, 0) is 23.8 Å². The van der Waals surface area contributed by atoms with Gasteiger partial charge in [-0.2, -0.15) is 10.1 Å². The molecule has 1 aromatic carbocycles. The third kappa shape index (κ3) is 1.95. The van der Waals surface area contributed by atoms with Crippen LogP contribution in [0.2, 0.25) is 0 Å². The molecule has 2 N–H and O–H groups in total. The first-order valence-electron chi connectivity index (χ1n) is 5.52. The molecule has 96 valence electrons. The zero-order chi connectivity index (χ0) is 13.4. The van der Waals surface area contributed by atoms with Crippen molar-refractivity contribution in [1.29, 1.82) is 0 Å². The minimum absolute atomic E-state index is 0.0230. The van der Waals surface area contributed by atoms with Crippen molar-refractivity contribution in [3.8, 4) is 0 Å². The Balaban J connectivity index is 2.09. The summed E-state index contributed by atoms with van der Waals surface area (Å²) in [6, 6.07) is 5.40. The second-order valence-electron chi connectivity index (χ2n) is 4.04. The molecule has 1 aliphatic rings. The molecule has 0 fully saturated rings. The Hall–Kier alpha value is -2.70. The molecule has 3 rings (SSSR count). The number of allylic oxidation sites excluding steroid dienone is 1. The van der Waals surface area contributed by atoms with E-state index in [9.17, 15) is 9.18 Å². The summed E-state index contributed by atoms with van der Waals surface area (Å²) in [5.41, 5.74) is 0.753. The number of aliphatic carboxylic acids is 1. The van der Waals surface area contributed by atoms with Crippen molar-refractivity contribution in [2.24, 2.45) is 0 Å². The van der Waals surface area contributed by atoms with Crippen molar-refractivity contribution in [3.05, 3.63) is 53.7 Å². The maximum absolute atomic E-state index is 12.9. The van der Waals surface area contributed by atoms with Gasteiger partial charge < -0.3 is 10.4 Å². The number of hydrogen-bond acceptors (Lipinski definition) is 4. The van der Waals surface area contributed by atoms with Gasteiger partial charge >= 0.3 is 5.97 Å². The predicted molar refractivity (Wildman–Crippen MR) is 63.9 cm³/mol. The van der Waals surface area contributed by atoms with Gasteiger partial charge in [-0.1, -0.05) is 12.1 Å². The number of carboxylic acid groups (broad SMARTS) is 1. The summed E-state index contributed by atoms with van der Waals surface area (Å²) in [6.45, 7) is 0. The van der Waals surface area contributed by atoms with E-state index in [1.165, 1.54) is 24.5 Å². The van der Waals surface area contributed by atoms with Crippen LogP contribution in [0, 0.1) is 5.82 Å². The Morgan fingerprint density at radius 3 is 2.79 bits per heavy atom. The van der Waals surface area contributed by atoms with Gasteiger partial charge in [-0.15, -0.1) is 0 Å². The van der Waals surface area contributed by atoms with Crippen LogP contribution in [0.15, 0.2) is 42.4 Å². The summed E-state index contributed by atoms with van der Waals surface area (Å²) < 4.78 is 14.5. The Morgan fingerprint density at radius 1 is 1.37 bits per heavy atom. The van der Waals surface area contributed by atoms with Crippen LogP contribution in [0.1, 0.15) is 11.6 Å². The molecule has 0 radical (unpaired) electrons. The summed E-state index contributed by atoms with van der Waals surface area (Å²) in [5, 5.41) is 15.8. The first-order valence-corrected chi connectivity index (χ1v) is 5.52. The van der Waals surface area contributed by atoms with Gasteiger partial charge in [-0.25, -0.2) is 13.9 Å². The molecule has 1 aromatic heterocycles. The number of nitrogens with one attached hydrogen (secondary N) is 1. The van der Waals surface area contributed by atoms with E-state index in [1.807, 2.05) is 0 Å². The largest absolute Gasteiger partial charge is 0.477 e. The van der Waals surface area contributed by atoms with Gasteiger partial charge in [0.15, 0.2) is 0 Å². The molecule has 6 nitrogen and oxygen atoms in total. The summed E-state index contributed by atoms with van der Waals surface area (Å²) in [7, 11) is 0. The number of aromatic nitrogens is 3. The lowest BCUT2D eigenvalue weighted by Crippen LogP contribution is -2.24. The maximum atomic E-state index is 12.9. The molecule has 1 atom stereocenters. The Morgan fingerprint density at radius 2 is 2.11 bits per heavy atom. The van der Waals surface area contributed by atoms with Crippen LogP contribution in [-0.4, -0.2) is 25.8 Å². The highest BCUT2D eigenvalue weighted by molar-refractivity contribution is 5.90. The molecule has 1 aliphatic heterocycles. The lowest BCUT2D eigenvalue weighted by Gasteiger charge is -2.22. The fourth-order valence-corrected chi connectivity index (χ4v) is 1.96. The van der Waals surface area contributed by atoms with Crippen LogP contribution < -0.4 is 5.32 Å². The first-order chi connectivity index (χ1) is 9.15. The normalized spacial score (nSPS) is 17.3. The van der Waals surface area contributed by atoms with Gasteiger partial charge in [0.05, 0.1) is 0 Å². The van der Waals surface area contributed by atoms with Gasteiger partial charge in [0.1, 0.15) is 23.9 Å². The topological polar surface area (TPSA) is 80.0 Å². The molecule has 7 heteroatoms. The minimum Gasteiger partial charge on any atom is -0.477 e. The van der Waals surface area contributed by atoms with Crippen molar-refractivity contribution in [2.45, 2.75) is 6.04 Å². The molecule has 0 spiro atoms. The fourth-order valence-electron chi connectivity index (χ4n) is 1.96. The van der Waals surface area contributed by atoms with E-state index < -0.39 is 12.0 Å². The molecule has 19 heavy (non-hydrogen) atoms. The first kappa shape index (κ1) is 11.4. The van der Waals surface area contributed by atoms with Crippen molar-refractivity contribution in [2.75, 3.05) is 5.32 Å². The molecule has 0 saturated heterocycles. The van der Waals surface area contributed by atoms with E-state index in [2.05, 4.69) is 15.4 Å². The molecule has 2 aromatic rings. The zero-order valence-corrected chi connectivity index (χ0v) is 9.62. The molecular weight excluding hydrogens is 251 g/mol. The second-order valence-corrected chi connectivity index (χ2v) is 4.04. The standard InChI is InChI=1S/C12H9FN4O2/c13-8-3-1-7(2-4-8)10-5-9(11(18)19)16-12-14-6-15-17(10)12/h1-6,10H,(H,18,19)(H,14,15,16)/t10-/m1/s1. The molecule has 0 bridgehead atoms. The second kappa shape index (κ2) is 4.20. The molecule has 0 amide bonds. The van der Waals surface area contributed by atoms with Crippen molar-refractivity contribution >= 4 is 11.9 Å². The van der Waals surface area contributed by atoms with E-state index in [4.69, 9.17) is 5.11 Å². The van der Waals surface area contributed by atoms with E-state index >= 15 is 0 Å². The van der Waals surface area contributed by atoms with Crippen LogP contribution in [0.4, 0.5) is 10.3 Å². The molecule has 0 aliphatic carbocycles. The Kier molecular flexibility index (Phi) is 2.52. The fraction of sp³-hybridized carbons (Fsp3) is 0.0833. The minimum atomic E-state index is -1.08.